The highest BCUT2D eigenvalue weighted by atomic mass is 16.5. The van der Waals surface area contributed by atoms with Gasteiger partial charge in [0.05, 0.1) is 30.2 Å². The van der Waals surface area contributed by atoms with Crippen LogP contribution in [0, 0.1) is 6.92 Å². The molecule has 6 heteroatoms. The van der Waals surface area contributed by atoms with E-state index in [1.165, 1.54) is 0 Å². The summed E-state index contributed by atoms with van der Waals surface area (Å²) < 4.78 is 6.00. The van der Waals surface area contributed by atoms with Crippen LogP contribution in [0.4, 0.5) is 5.69 Å². The third-order valence-electron chi connectivity index (χ3n) is 5.12. The molecule has 4 rings (SSSR count). The lowest BCUT2D eigenvalue weighted by atomic mass is 10.0. The Balaban J connectivity index is 1.53. The Hall–Kier alpha value is -3.25. The van der Waals surface area contributed by atoms with Gasteiger partial charge >= 0.3 is 0 Å². The highest BCUT2D eigenvalue weighted by Crippen LogP contribution is 2.29. The van der Waals surface area contributed by atoms with Crippen molar-refractivity contribution >= 4 is 12.0 Å². The Morgan fingerprint density at radius 2 is 2.07 bits per heavy atom. The van der Waals surface area contributed by atoms with Crippen molar-refractivity contribution in [1.29, 1.82) is 0 Å². The Morgan fingerprint density at radius 3 is 2.83 bits per heavy atom. The molecule has 1 atom stereocenters. The molecule has 2 aromatic heterocycles. The van der Waals surface area contributed by atoms with E-state index in [-0.39, 0.29) is 12.7 Å². The Labute approximate surface area is 169 Å². The lowest BCUT2D eigenvalue weighted by Crippen LogP contribution is -2.26. The molecule has 1 aliphatic rings. The van der Waals surface area contributed by atoms with Gasteiger partial charge in [-0.2, -0.15) is 0 Å². The zero-order valence-electron chi connectivity index (χ0n) is 16.3. The standard InChI is InChI=1S/C23H23N3O3/c1-16-6-9-23(24-12-16)29-18-10-11-26(13-18)22-8-7-20(25-21(22)15-28)19-5-3-2-4-17(19)14-27/h2-9,12,14,18,28H,10-11,13,15H2,1H3/t18-/m0/s1. The van der Waals surface area contributed by atoms with Gasteiger partial charge in [0.1, 0.15) is 6.10 Å². The second-order valence-electron chi connectivity index (χ2n) is 7.17. The molecule has 0 radical (unpaired) electrons. The predicted octanol–water partition coefficient (Wildman–Crippen LogP) is 3.41. The van der Waals surface area contributed by atoms with Crippen LogP contribution in [0.1, 0.15) is 28.0 Å². The summed E-state index contributed by atoms with van der Waals surface area (Å²) in [5, 5.41) is 9.90. The van der Waals surface area contributed by atoms with Crippen molar-refractivity contribution in [3.63, 3.8) is 0 Å². The number of rotatable bonds is 6. The normalized spacial score (nSPS) is 16.1. The van der Waals surface area contributed by atoms with E-state index < -0.39 is 0 Å². The van der Waals surface area contributed by atoms with Gasteiger partial charge in [-0.15, -0.1) is 0 Å². The highest BCUT2D eigenvalue weighted by Gasteiger charge is 2.26. The van der Waals surface area contributed by atoms with Crippen LogP contribution in [0.25, 0.3) is 11.3 Å². The Bertz CT molecular complexity index is 1000. The van der Waals surface area contributed by atoms with E-state index in [2.05, 4.69) is 14.9 Å². The van der Waals surface area contributed by atoms with Gasteiger partial charge in [-0.25, -0.2) is 9.97 Å². The number of ether oxygens (including phenoxy) is 1. The van der Waals surface area contributed by atoms with Crippen LogP contribution in [-0.4, -0.2) is 40.6 Å². The fourth-order valence-corrected chi connectivity index (χ4v) is 3.62. The molecule has 0 spiro atoms. The van der Waals surface area contributed by atoms with Crippen LogP contribution < -0.4 is 9.64 Å². The summed E-state index contributed by atoms with van der Waals surface area (Å²) in [5.74, 6) is 0.628. The first kappa shape index (κ1) is 19.1. The smallest absolute Gasteiger partial charge is 0.213 e. The fourth-order valence-electron chi connectivity index (χ4n) is 3.62. The van der Waals surface area contributed by atoms with Crippen molar-refractivity contribution in [2.24, 2.45) is 0 Å². The predicted molar refractivity (Wildman–Crippen MR) is 111 cm³/mol. The molecule has 3 aromatic rings. The first-order chi connectivity index (χ1) is 14.2. The number of carbonyl (C=O) groups excluding carboxylic acids is 1. The molecule has 1 saturated heterocycles. The Morgan fingerprint density at radius 1 is 1.21 bits per heavy atom. The van der Waals surface area contributed by atoms with E-state index in [4.69, 9.17) is 4.74 Å². The molecule has 1 N–H and O–H groups in total. The second-order valence-corrected chi connectivity index (χ2v) is 7.17. The van der Waals surface area contributed by atoms with Crippen LogP contribution in [0.5, 0.6) is 5.88 Å². The minimum Gasteiger partial charge on any atom is -0.472 e. The van der Waals surface area contributed by atoms with Gasteiger partial charge in [0.2, 0.25) is 5.88 Å². The van der Waals surface area contributed by atoms with Gasteiger partial charge in [0, 0.05) is 36.4 Å². The third kappa shape index (κ3) is 4.12. The van der Waals surface area contributed by atoms with Crippen molar-refractivity contribution in [3.8, 4) is 17.1 Å². The molecule has 1 fully saturated rings. The van der Waals surface area contributed by atoms with Crippen molar-refractivity contribution in [2.45, 2.75) is 26.1 Å². The van der Waals surface area contributed by atoms with Crippen molar-refractivity contribution in [2.75, 3.05) is 18.0 Å². The zero-order valence-corrected chi connectivity index (χ0v) is 16.3. The first-order valence-electron chi connectivity index (χ1n) is 9.67. The van der Waals surface area contributed by atoms with Gasteiger partial charge in [-0.3, -0.25) is 4.79 Å². The molecule has 6 nitrogen and oxygen atoms in total. The maximum Gasteiger partial charge on any atom is 0.213 e. The van der Waals surface area contributed by atoms with E-state index in [1.54, 1.807) is 12.3 Å². The van der Waals surface area contributed by atoms with E-state index >= 15 is 0 Å². The highest BCUT2D eigenvalue weighted by molar-refractivity contribution is 5.86. The average Bonchev–Trinajstić information content (AvgIpc) is 3.23. The summed E-state index contributed by atoms with van der Waals surface area (Å²) in [4.78, 5) is 22.4. The minimum absolute atomic E-state index is 0.0345. The first-order valence-corrected chi connectivity index (χ1v) is 9.67. The molecule has 3 heterocycles. The number of aliphatic hydroxyl groups excluding tert-OH is 1. The number of nitrogens with zero attached hydrogens (tertiary/aromatic N) is 3. The van der Waals surface area contributed by atoms with Crippen molar-refractivity contribution in [3.05, 3.63) is 71.5 Å². The van der Waals surface area contributed by atoms with Gasteiger partial charge in [0.15, 0.2) is 6.29 Å². The third-order valence-corrected chi connectivity index (χ3v) is 5.12. The summed E-state index contributed by atoms with van der Waals surface area (Å²) in [7, 11) is 0. The maximum atomic E-state index is 11.3. The molecule has 0 amide bonds. The van der Waals surface area contributed by atoms with Crippen LogP contribution >= 0.6 is 0 Å². The number of aryl methyl sites for hydroxylation is 1. The van der Waals surface area contributed by atoms with Gasteiger partial charge in [0.25, 0.3) is 0 Å². The zero-order chi connectivity index (χ0) is 20.2. The molecule has 0 saturated carbocycles. The van der Waals surface area contributed by atoms with Gasteiger partial charge < -0.3 is 14.7 Å². The van der Waals surface area contributed by atoms with Gasteiger partial charge in [-0.05, 0) is 24.6 Å². The number of aldehydes is 1. The molecular formula is C23H23N3O3. The van der Waals surface area contributed by atoms with Crippen LogP contribution in [0.2, 0.25) is 0 Å². The molecule has 0 aliphatic carbocycles. The largest absolute Gasteiger partial charge is 0.472 e. The number of benzene rings is 1. The number of hydrogen-bond acceptors (Lipinski definition) is 6. The number of carbonyl (C=O) groups is 1. The van der Waals surface area contributed by atoms with E-state index in [0.717, 1.165) is 36.1 Å². The van der Waals surface area contributed by atoms with Crippen LogP contribution in [0.3, 0.4) is 0 Å². The van der Waals surface area contributed by atoms with Crippen molar-refractivity contribution < 1.29 is 14.6 Å². The summed E-state index contributed by atoms with van der Waals surface area (Å²) in [6.07, 6.45) is 3.53. The molecule has 1 aromatic carbocycles. The summed E-state index contributed by atoms with van der Waals surface area (Å²) in [5.41, 5.74) is 4.60. The van der Waals surface area contributed by atoms with E-state index in [1.807, 2.05) is 49.4 Å². The Kier molecular flexibility index (Phi) is 5.53. The van der Waals surface area contributed by atoms with Crippen molar-refractivity contribution in [1.82, 2.24) is 9.97 Å². The number of aromatic nitrogens is 2. The molecule has 29 heavy (non-hydrogen) atoms. The summed E-state index contributed by atoms with van der Waals surface area (Å²) >= 11 is 0. The molecule has 0 unspecified atom stereocenters. The van der Waals surface area contributed by atoms with Crippen LogP contribution in [0.15, 0.2) is 54.7 Å². The monoisotopic (exact) mass is 389 g/mol. The average molecular weight is 389 g/mol. The maximum absolute atomic E-state index is 11.3. The summed E-state index contributed by atoms with van der Waals surface area (Å²) in [6.45, 7) is 3.34. The molecule has 1 aliphatic heterocycles. The SMILES string of the molecule is Cc1ccc(O[C@H]2CCN(c3ccc(-c4ccccc4C=O)nc3CO)C2)nc1. The van der Waals surface area contributed by atoms with E-state index in [9.17, 15) is 9.90 Å². The minimum atomic E-state index is -0.173. The van der Waals surface area contributed by atoms with E-state index in [0.29, 0.717) is 29.4 Å². The topological polar surface area (TPSA) is 75.5 Å². The lowest BCUT2D eigenvalue weighted by molar-refractivity contribution is 0.112. The lowest BCUT2D eigenvalue weighted by Gasteiger charge is -2.21. The number of pyridine rings is 2. The summed E-state index contributed by atoms with van der Waals surface area (Å²) in [6, 6.07) is 15.0. The molecule has 0 bridgehead atoms. The molecular weight excluding hydrogens is 366 g/mol. The number of aliphatic hydroxyl groups is 1. The van der Waals surface area contributed by atoms with Gasteiger partial charge in [-0.1, -0.05) is 30.3 Å². The fraction of sp³-hybridized carbons (Fsp3) is 0.261. The molecule has 148 valence electrons. The number of hydrogen-bond donors (Lipinski definition) is 1. The van der Waals surface area contributed by atoms with Crippen LogP contribution in [-0.2, 0) is 6.61 Å². The second kappa shape index (κ2) is 8.41. The quantitative estimate of drug-likeness (QED) is 0.651. The number of anilines is 1.